The van der Waals surface area contributed by atoms with Crippen molar-refractivity contribution >= 4 is 40.8 Å². The minimum absolute atomic E-state index is 0.145. The summed E-state index contributed by atoms with van der Waals surface area (Å²) in [5.74, 6) is 0.0802. The van der Waals surface area contributed by atoms with Crippen LogP contribution < -0.4 is 10.1 Å². The number of aromatic nitrogens is 1. The predicted octanol–water partition coefficient (Wildman–Crippen LogP) is 2.64. The zero-order valence-electron chi connectivity index (χ0n) is 14.7. The number of amides is 2. The van der Waals surface area contributed by atoms with Crippen LogP contribution in [0.3, 0.4) is 0 Å². The molecule has 8 heteroatoms. The van der Waals surface area contributed by atoms with Gasteiger partial charge in [-0.3, -0.25) is 9.59 Å². The van der Waals surface area contributed by atoms with Gasteiger partial charge in [0.1, 0.15) is 12.4 Å². The van der Waals surface area contributed by atoms with Gasteiger partial charge >= 0.3 is 0 Å². The third-order valence-corrected chi connectivity index (χ3v) is 4.85. The molecule has 2 aliphatic heterocycles. The fourth-order valence-electron chi connectivity index (χ4n) is 3.10. The van der Waals surface area contributed by atoms with E-state index in [2.05, 4.69) is 10.3 Å². The number of anilines is 1. The topological polar surface area (TPSA) is 83.7 Å². The molecule has 0 spiro atoms. The molecule has 4 rings (SSSR count). The average molecular weight is 388 g/mol. The third-order valence-electron chi connectivity index (χ3n) is 4.56. The second-order valence-electron chi connectivity index (χ2n) is 6.33. The van der Waals surface area contributed by atoms with Gasteiger partial charge in [-0.25, -0.2) is 0 Å². The summed E-state index contributed by atoms with van der Waals surface area (Å²) in [6, 6.07) is 5.10. The smallest absolute Gasteiger partial charge is 0.256 e. The Hall–Kier alpha value is -2.77. The molecule has 0 atom stereocenters. The number of benzene rings is 1. The number of nitrogens with one attached hydrogen (secondary N) is 2. The fourth-order valence-corrected chi connectivity index (χ4v) is 3.32. The summed E-state index contributed by atoms with van der Waals surface area (Å²) in [5.41, 5.74) is 2.79. The van der Waals surface area contributed by atoms with E-state index >= 15 is 0 Å². The SMILES string of the molecule is CN1CCOCCOc2cc3c(cc2Cl)NC(=O)/C3=C\c2[nH]ccc2C1=O. The molecule has 0 unspecified atom stereocenters. The zero-order valence-corrected chi connectivity index (χ0v) is 15.4. The minimum Gasteiger partial charge on any atom is -0.490 e. The first-order valence-corrected chi connectivity index (χ1v) is 8.93. The number of hydrogen-bond donors (Lipinski definition) is 2. The van der Waals surface area contributed by atoms with Crippen LogP contribution >= 0.6 is 11.6 Å². The van der Waals surface area contributed by atoms with E-state index in [0.29, 0.717) is 65.2 Å². The molecule has 7 nitrogen and oxygen atoms in total. The van der Waals surface area contributed by atoms with Crippen LogP contribution in [0.5, 0.6) is 5.75 Å². The van der Waals surface area contributed by atoms with Gasteiger partial charge in [-0.15, -0.1) is 0 Å². The van der Waals surface area contributed by atoms with Crippen molar-refractivity contribution in [3.63, 3.8) is 0 Å². The molecule has 2 bridgehead atoms. The largest absolute Gasteiger partial charge is 0.490 e. The van der Waals surface area contributed by atoms with Gasteiger partial charge in [0.2, 0.25) is 0 Å². The summed E-state index contributed by atoms with van der Waals surface area (Å²) in [6.45, 7) is 1.52. The van der Waals surface area contributed by atoms with Crippen molar-refractivity contribution in [1.82, 2.24) is 9.88 Å². The van der Waals surface area contributed by atoms with Gasteiger partial charge in [-0.05, 0) is 24.3 Å². The van der Waals surface area contributed by atoms with Crippen LogP contribution in [0, 0.1) is 0 Å². The third kappa shape index (κ3) is 3.31. The number of carbonyl (C=O) groups excluding carboxylic acids is 2. The van der Waals surface area contributed by atoms with Crippen LogP contribution in [0.4, 0.5) is 5.69 Å². The summed E-state index contributed by atoms with van der Waals surface area (Å²) in [7, 11) is 1.72. The number of likely N-dealkylation sites (N-methyl/N-ethyl adjacent to an activating group) is 1. The van der Waals surface area contributed by atoms with Crippen molar-refractivity contribution in [2.24, 2.45) is 0 Å². The maximum Gasteiger partial charge on any atom is 0.256 e. The summed E-state index contributed by atoms with van der Waals surface area (Å²) in [6.07, 6.45) is 3.35. The van der Waals surface area contributed by atoms with Gasteiger partial charge in [0, 0.05) is 25.4 Å². The molecule has 2 amide bonds. The monoisotopic (exact) mass is 387 g/mol. The Morgan fingerprint density at radius 2 is 2.00 bits per heavy atom. The second kappa shape index (κ2) is 7.09. The Balaban J connectivity index is 1.82. The Bertz CT molecular complexity index is 950. The van der Waals surface area contributed by atoms with E-state index in [9.17, 15) is 9.59 Å². The molecular weight excluding hydrogens is 370 g/mol. The molecule has 0 saturated carbocycles. The first-order valence-electron chi connectivity index (χ1n) is 8.55. The van der Waals surface area contributed by atoms with E-state index < -0.39 is 0 Å². The van der Waals surface area contributed by atoms with Crippen LogP contribution in [0.25, 0.3) is 11.6 Å². The highest BCUT2D eigenvalue weighted by Gasteiger charge is 2.27. The number of nitrogens with zero attached hydrogens (tertiary/aromatic N) is 1. The lowest BCUT2D eigenvalue weighted by atomic mass is 10.0. The first-order chi connectivity index (χ1) is 13.0. The van der Waals surface area contributed by atoms with Crippen LogP contribution in [0.1, 0.15) is 21.6 Å². The predicted molar refractivity (Wildman–Crippen MR) is 102 cm³/mol. The van der Waals surface area contributed by atoms with E-state index in [-0.39, 0.29) is 11.8 Å². The standard InChI is InChI=1S/C19H18ClN3O4/c1-23-4-5-26-6-7-27-17-9-12-13(18(24)22-16(12)10-14(17)20)8-15-11(19(23)25)2-3-21-15/h2-3,8-10,21H,4-7H2,1H3,(H,22,24)/b13-8-. The molecule has 0 fully saturated rings. The van der Waals surface area contributed by atoms with Crippen molar-refractivity contribution in [1.29, 1.82) is 0 Å². The highest BCUT2D eigenvalue weighted by atomic mass is 35.5. The first kappa shape index (κ1) is 17.6. The number of halogens is 1. The molecular formula is C19H18ClN3O4. The fraction of sp³-hybridized carbons (Fsp3) is 0.263. The maximum atomic E-state index is 12.7. The molecule has 0 saturated heterocycles. The molecule has 3 heterocycles. The van der Waals surface area contributed by atoms with Gasteiger partial charge in [-0.1, -0.05) is 11.6 Å². The molecule has 1 aromatic heterocycles. The Morgan fingerprint density at radius 3 is 2.85 bits per heavy atom. The number of rotatable bonds is 0. The highest BCUT2D eigenvalue weighted by Crippen LogP contribution is 2.40. The molecule has 1 aromatic carbocycles. The summed E-state index contributed by atoms with van der Waals surface area (Å²) in [5, 5.41) is 3.21. The molecule has 0 aliphatic carbocycles. The van der Waals surface area contributed by atoms with Gasteiger partial charge in [0.25, 0.3) is 11.8 Å². The normalized spacial score (nSPS) is 19.3. The Labute approximate surface area is 160 Å². The minimum atomic E-state index is -0.257. The van der Waals surface area contributed by atoms with Crippen molar-refractivity contribution in [2.45, 2.75) is 0 Å². The van der Waals surface area contributed by atoms with Gasteiger partial charge < -0.3 is 24.7 Å². The zero-order chi connectivity index (χ0) is 19.0. The van der Waals surface area contributed by atoms with Crippen LogP contribution in [0.15, 0.2) is 24.4 Å². The Morgan fingerprint density at radius 1 is 1.15 bits per heavy atom. The number of carbonyl (C=O) groups is 2. The highest BCUT2D eigenvalue weighted by molar-refractivity contribution is 6.37. The quantitative estimate of drug-likeness (QED) is 0.728. The number of fused-ring (bicyclic) bond motifs is 2. The van der Waals surface area contributed by atoms with Crippen LogP contribution in [0.2, 0.25) is 5.02 Å². The van der Waals surface area contributed by atoms with E-state index in [1.165, 1.54) is 0 Å². The van der Waals surface area contributed by atoms with Crippen molar-refractivity contribution < 1.29 is 19.1 Å². The average Bonchev–Trinajstić information content (AvgIpc) is 3.21. The van der Waals surface area contributed by atoms with Gasteiger partial charge in [-0.2, -0.15) is 0 Å². The lowest BCUT2D eigenvalue weighted by molar-refractivity contribution is -0.110. The van der Waals surface area contributed by atoms with Crippen LogP contribution in [-0.4, -0.2) is 55.1 Å². The lowest BCUT2D eigenvalue weighted by Crippen LogP contribution is -2.30. The van der Waals surface area contributed by atoms with E-state index in [1.807, 2.05) is 0 Å². The number of ether oxygens (including phenoxy) is 2. The molecule has 0 radical (unpaired) electrons. The number of hydrogen-bond acceptors (Lipinski definition) is 4. The number of H-pyrrole nitrogens is 1. The van der Waals surface area contributed by atoms with Crippen LogP contribution in [-0.2, 0) is 9.53 Å². The van der Waals surface area contributed by atoms with Crippen molar-refractivity contribution in [3.8, 4) is 5.75 Å². The van der Waals surface area contributed by atoms with Gasteiger partial charge in [0.15, 0.2) is 0 Å². The summed E-state index contributed by atoms with van der Waals surface area (Å²) < 4.78 is 11.2. The molecule has 27 heavy (non-hydrogen) atoms. The Kier molecular flexibility index (Phi) is 4.63. The van der Waals surface area contributed by atoms with E-state index in [4.69, 9.17) is 21.1 Å². The molecule has 2 aromatic rings. The summed E-state index contributed by atoms with van der Waals surface area (Å²) in [4.78, 5) is 29.8. The number of aromatic amines is 1. The van der Waals surface area contributed by atoms with Crippen molar-refractivity contribution in [2.75, 3.05) is 38.7 Å². The maximum absolute atomic E-state index is 12.7. The van der Waals surface area contributed by atoms with E-state index in [1.54, 1.807) is 42.4 Å². The molecule has 140 valence electrons. The van der Waals surface area contributed by atoms with Gasteiger partial charge in [0.05, 0.1) is 40.8 Å². The molecule has 2 aliphatic rings. The van der Waals surface area contributed by atoms with Crippen molar-refractivity contribution in [3.05, 3.63) is 46.2 Å². The summed E-state index contributed by atoms with van der Waals surface area (Å²) >= 11 is 6.27. The lowest BCUT2D eigenvalue weighted by Gasteiger charge is -2.17. The molecule has 2 N–H and O–H groups in total. The van der Waals surface area contributed by atoms with E-state index in [0.717, 1.165) is 0 Å². The second-order valence-corrected chi connectivity index (χ2v) is 6.74.